The molecule has 0 heterocycles. The molecule has 192 valence electrons. The Morgan fingerprint density at radius 1 is 0.889 bits per heavy atom. The summed E-state index contributed by atoms with van der Waals surface area (Å²) in [5.41, 5.74) is 2.10. The lowest BCUT2D eigenvalue weighted by atomic mass is 9.87. The van der Waals surface area contributed by atoms with E-state index in [1.807, 2.05) is 43.3 Å². The molecule has 2 nitrogen and oxygen atoms in total. The van der Waals surface area contributed by atoms with Gasteiger partial charge < -0.3 is 4.90 Å². The summed E-state index contributed by atoms with van der Waals surface area (Å²) in [6, 6.07) is 15.2. The molecule has 3 aromatic rings. The lowest BCUT2D eigenvalue weighted by Gasteiger charge is -2.25. The number of carbonyl (C=O) groups excluding carboxylic acids is 1. The van der Waals surface area contributed by atoms with E-state index in [0.717, 1.165) is 28.7 Å². The Kier molecular flexibility index (Phi) is 8.50. The first-order chi connectivity index (χ1) is 16.8. The van der Waals surface area contributed by atoms with E-state index >= 15 is 0 Å². The van der Waals surface area contributed by atoms with Crippen molar-refractivity contribution < 1.29 is 22.4 Å². The number of halogens is 5. The summed E-state index contributed by atoms with van der Waals surface area (Å²) in [7, 11) is 0. The van der Waals surface area contributed by atoms with E-state index in [1.165, 1.54) is 4.90 Å². The zero-order valence-electron chi connectivity index (χ0n) is 20.8. The van der Waals surface area contributed by atoms with Crippen molar-refractivity contribution in [3.63, 3.8) is 0 Å². The van der Waals surface area contributed by atoms with Gasteiger partial charge in [0.05, 0.1) is 11.1 Å². The van der Waals surface area contributed by atoms with Crippen LogP contribution in [0.2, 0.25) is 5.02 Å². The molecule has 0 aliphatic rings. The Labute approximate surface area is 214 Å². The summed E-state index contributed by atoms with van der Waals surface area (Å²) in [6.07, 6.45) is -3.50. The van der Waals surface area contributed by atoms with E-state index in [9.17, 15) is 22.4 Å². The van der Waals surface area contributed by atoms with Crippen LogP contribution in [0, 0.1) is 5.82 Å². The van der Waals surface area contributed by atoms with E-state index < -0.39 is 29.0 Å². The van der Waals surface area contributed by atoms with Gasteiger partial charge in [-0.15, -0.1) is 0 Å². The van der Waals surface area contributed by atoms with Crippen LogP contribution in [0.5, 0.6) is 0 Å². The van der Waals surface area contributed by atoms with Crippen molar-refractivity contribution in [1.82, 2.24) is 4.90 Å². The summed E-state index contributed by atoms with van der Waals surface area (Å²) in [6.45, 7) is 8.58. The van der Waals surface area contributed by atoms with Crippen LogP contribution < -0.4 is 0 Å². The summed E-state index contributed by atoms with van der Waals surface area (Å²) >= 11 is 6.21. The molecular weight excluding hydrogens is 490 g/mol. The maximum absolute atomic E-state index is 14.6. The standard InChI is InChI=1S/C29H30ClF4NO/c1-5-21-16-19(8-12-25(21)30)14-15-35(18-20-6-9-22(10-7-20)28(2,3)4)27(36)24-17-23(29(32,33)34)11-13-26(24)31/h6-13,16-17H,5,14-15,18H2,1-4H3. The molecular formula is C29H30ClF4NO. The van der Waals surface area contributed by atoms with Gasteiger partial charge in [0.2, 0.25) is 0 Å². The van der Waals surface area contributed by atoms with E-state index in [4.69, 9.17) is 11.6 Å². The number of nitrogens with zero attached hydrogens (tertiary/aromatic N) is 1. The predicted molar refractivity (Wildman–Crippen MR) is 136 cm³/mol. The normalized spacial score (nSPS) is 12.0. The minimum Gasteiger partial charge on any atom is -0.334 e. The molecule has 0 N–H and O–H groups in total. The number of hydrogen-bond donors (Lipinski definition) is 0. The van der Waals surface area contributed by atoms with Crippen LogP contribution in [0.25, 0.3) is 0 Å². The van der Waals surface area contributed by atoms with Crippen molar-refractivity contribution in [2.24, 2.45) is 0 Å². The highest BCUT2D eigenvalue weighted by Gasteiger charge is 2.32. The average Bonchev–Trinajstić information content (AvgIpc) is 2.81. The van der Waals surface area contributed by atoms with Crippen LogP contribution in [0.1, 0.15) is 65.9 Å². The van der Waals surface area contributed by atoms with Crippen molar-refractivity contribution in [1.29, 1.82) is 0 Å². The number of amides is 1. The fourth-order valence-corrected chi connectivity index (χ4v) is 4.19. The molecule has 0 saturated heterocycles. The molecule has 0 aromatic heterocycles. The Bertz CT molecular complexity index is 1210. The molecule has 0 radical (unpaired) electrons. The molecule has 0 aliphatic heterocycles. The molecule has 1 amide bonds. The van der Waals surface area contributed by atoms with Gasteiger partial charge in [-0.3, -0.25) is 4.79 Å². The third-order valence-electron chi connectivity index (χ3n) is 6.17. The molecule has 0 saturated carbocycles. The summed E-state index contributed by atoms with van der Waals surface area (Å²) in [5, 5.41) is 0.652. The van der Waals surface area contributed by atoms with Crippen LogP contribution in [0.4, 0.5) is 17.6 Å². The van der Waals surface area contributed by atoms with Crippen molar-refractivity contribution in [3.05, 3.63) is 105 Å². The second-order valence-electron chi connectivity index (χ2n) is 9.90. The number of hydrogen-bond acceptors (Lipinski definition) is 1. The Balaban J connectivity index is 1.93. The Hall–Kier alpha value is -2.86. The molecule has 3 aromatic carbocycles. The third kappa shape index (κ3) is 6.88. The maximum atomic E-state index is 14.6. The fourth-order valence-electron chi connectivity index (χ4n) is 3.94. The summed E-state index contributed by atoms with van der Waals surface area (Å²) in [4.78, 5) is 14.8. The van der Waals surface area contributed by atoms with Gasteiger partial charge in [0.1, 0.15) is 5.82 Å². The van der Waals surface area contributed by atoms with Crippen LogP contribution in [0.3, 0.4) is 0 Å². The number of benzene rings is 3. The highest BCUT2D eigenvalue weighted by molar-refractivity contribution is 6.31. The fraction of sp³-hybridized carbons (Fsp3) is 0.345. The molecule has 0 bridgehead atoms. The number of carbonyl (C=O) groups is 1. The second kappa shape index (κ2) is 11.0. The zero-order chi connectivity index (χ0) is 26.7. The highest BCUT2D eigenvalue weighted by Crippen LogP contribution is 2.31. The first-order valence-electron chi connectivity index (χ1n) is 11.8. The Morgan fingerprint density at radius 3 is 2.08 bits per heavy atom. The van der Waals surface area contributed by atoms with Crippen molar-refractivity contribution >= 4 is 17.5 Å². The molecule has 0 fully saturated rings. The average molecular weight is 520 g/mol. The molecule has 0 atom stereocenters. The van der Waals surface area contributed by atoms with Gasteiger partial charge in [0.15, 0.2) is 0 Å². The highest BCUT2D eigenvalue weighted by atomic mass is 35.5. The molecule has 3 rings (SSSR count). The first-order valence-corrected chi connectivity index (χ1v) is 12.2. The quantitative estimate of drug-likeness (QED) is 0.288. The summed E-state index contributed by atoms with van der Waals surface area (Å²) < 4.78 is 54.3. The van der Waals surface area contributed by atoms with E-state index in [0.29, 0.717) is 29.6 Å². The van der Waals surface area contributed by atoms with Crippen LogP contribution in [-0.2, 0) is 31.0 Å². The molecule has 7 heteroatoms. The Morgan fingerprint density at radius 2 is 1.50 bits per heavy atom. The van der Waals surface area contributed by atoms with Gasteiger partial charge in [-0.05, 0) is 64.8 Å². The molecule has 0 spiro atoms. The van der Waals surface area contributed by atoms with Gasteiger partial charge in [-0.2, -0.15) is 13.2 Å². The predicted octanol–water partition coefficient (Wildman–Crippen LogP) is 8.24. The SMILES string of the molecule is CCc1cc(CCN(Cc2ccc(C(C)(C)C)cc2)C(=O)c2cc(C(F)(F)F)ccc2F)ccc1Cl. The summed E-state index contributed by atoms with van der Waals surface area (Å²) in [5.74, 6) is -1.77. The lowest BCUT2D eigenvalue weighted by molar-refractivity contribution is -0.137. The van der Waals surface area contributed by atoms with Gasteiger partial charge in [-0.25, -0.2) is 4.39 Å². The van der Waals surface area contributed by atoms with Crippen LogP contribution in [-0.4, -0.2) is 17.4 Å². The molecule has 0 aliphatic carbocycles. The first kappa shape index (κ1) is 27.7. The maximum Gasteiger partial charge on any atom is 0.416 e. The molecule has 0 unspecified atom stereocenters. The van der Waals surface area contributed by atoms with Gasteiger partial charge in [0.25, 0.3) is 5.91 Å². The van der Waals surface area contributed by atoms with Crippen molar-refractivity contribution in [2.45, 2.75) is 58.7 Å². The number of alkyl halides is 3. The number of aryl methyl sites for hydroxylation is 1. The third-order valence-corrected chi connectivity index (χ3v) is 6.53. The van der Waals surface area contributed by atoms with Gasteiger partial charge >= 0.3 is 6.18 Å². The smallest absolute Gasteiger partial charge is 0.334 e. The van der Waals surface area contributed by atoms with Crippen LogP contribution >= 0.6 is 11.6 Å². The van der Waals surface area contributed by atoms with Gasteiger partial charge in [-0.1, -0.05) is 75.7 Å². The molecule has 36 heavy (non-hydrogen) atoms. The van der Waals surface area contributed by atoms with Crippen molar-refractivity contribution in [3.8, 4) is 0 Å². The largest absolute Gasteiger partial charge is 0.416 e. The lowest BCUT2D eigenvalue weighted by Crippen LogP contribution is -2.33. The van der Waals surface area contributed by atoms with E-state index in [-0.39, 0.29) is 18.5 Å². The monoisotopic (exact) mass is 519 g/mol. The van der Waals surface area contributed by atoms with Crippen molar-refractivity contribution in [2.75, 3.05) is 6.54 Å². The minimum atomic E-state index is -4.68. The zero-order valence-corrected chi connectivity index (χ0v) is 21.6. The van der Waals surface area contributed by atoms with Gasteiger partial charge in [0, 0.05) is 18.1 Å². The topological polar surface area (TPSA) is 20.3 Å². The van der Waals surface area contributed by atoms with Crippen LogP contribution in [0.15, 0.2) is 60.7 Å². The van der Waals surface area contributed by atoms with E-state index in [1.54, 1.807) is 6.07 Å². The number of rotatable bonds is 7. The minimum absolute atomic E-state index is 0.0548. The second-order valence-corrected chi connectivity index (χ2v) is 10.3. The van der Waals surface area contributed by atoms with E-state index in [2.05, 4.69) is 20.8 Å².